The number of benzene rings is 2. The third-order valence-corrected chi connectivity index (χ3v) is 4.79. The molecule has 0 saturated carbocycles. The molecule has 0 aliphatic heterocycles. The highest BCUT2D eigenvalue weighted by Gasteiger charge is 2.15. The van der Waals surface area contributed by atoms with Gasteiger partial charge in [0.1, 0.15) is 24.2 Å². The van der Waals surface area contributed by atoms with Crippen LogP contribution in [0.5, 0.6) is 11.5 Å². The van der Waals surface area contributed by atoms with Gasteiger partial charge >= 0.3 is 5.97 Å². The standard InChI is InChI=1S/C24H30O4/c1-7-21(19-9-11-22(26-6)16(3)13-19)20-10-12-23(17(4)14-20)27-15-18(5)28-24(25)8-2/h8-14,18,21H,2,7,15H2,1,3-6H3. The molecule has 4 heteroatoms. The molecule has 0 aliphatic carbocycles. The number of hydrogen-bond donors (Lipinski definition) is 0. The summed E-state index contributed by atoms with van der Waals surface area (Å²) in [6, 6.07) is 12.6. The zero-order chi connectivity index (χ0) is 20.7. The zero-order valence-electron chi connectivity index (χ0n) is 17.5. The van der Waals surface area contributed by atoms with E-state index in [1.807, 2.05) is 19.1 Å². The van der Waals surface area contributed by atoms with Gasteiger partial charge < -0.3 is 14.2 Å². The van der Waals surface area contributed by atoms with Crippen LogP contribution >= 0.6 is 0 Å². The molecule has 2 aromatic carbocycles. The number of ether oxygens (including phenoxy) is 3. The van der Waals surface area contributed by atoms with Gasteiger partial charge in [-0.2, -0.15) is 0 Å². The van der Waals surface area contributed by atoms with Crippen LogP contribution < -0.4 is 9.47 Å². The Kier molecular flexibility index (Phi) is 7.68. The average molecular weight is 383 g/mol. The van der Waals surface area contributed by atoms with Crippen molar-refractivity contribution in [1.29, 1.82) is 0 Å². The summed E-state index contributed by atoms with van der Waals surface area (Å²) in [7, 11) is 1.70. The summed E-state index contributed by atoms with van der Waals surface area (Å²) in [6.45, 7) is 11.8. The lowest BCUT2D eigenvalue weighted by Crippen LogP contribution is -2.21. The molecule has 0 N–H and O–H groups in total. The second-order valence-corrected chi connectivity index (χ2v) is 6.98. The van der Waals surface area contributed by atoms with E-state index in [1.54, 1.807) is 14.0 Å². The molecule has 0 saturated heterocycles. The first-order valence-corrected chi connectivity index (χ1v) is 9.60. The fraction of sp³-hybridized carbons (Fsp3) is 0.375. The molecule has 0 fully saturated rings. The van der Waals surface area contributed by atoms with Gasteiger partial charge in [-0.05, 0) is 61.6 Å². The SMILES string of the molecule is C=CC(=O)OC(C)COc1ccc(C(CC)c2ccc(OC)c(C)c2)cc1C. The van der Waals surface area contributed by atoms with Crippen LogP contribution in [-0.4, -0.2) is 25.8 Å². The highest BCUT2D eigenvalue weighted by molar-refractivity contribution is 5.81. The number of hydrogen-bond acceptors (Lipinski definition) is 4. The summed E-state index contributed by atoms with van der Waals surface area (Å²) >= 11 is 0. The number of carbonyl (C=O) groups excluding carboxylic acids is 1. The number of aryl methyl sites for hydroxylation is 2. The minimum atomic E-state index is -0.441. The van der Waals surface area contributed by atoms with E-state index in [0.29, 0.717) is 12.5 Å². The Labute approximate surface area is 168 Å². The fourth-order valence-electron chi connectivity index (χ4n) is 3.32. The topological polar surface area (TPSA) is 44.8 Å². The van der Waals surface area contributed by atoms with Crippen LogP contribution in [0, 0.1) is 13.8 Å². The van der Waals surface area contributed by atoms with Gasteiger partial charge in [-0.3, -0.25) is 0 Å². The average Bonchev–Trinajstić information content (AvgIpc) is 2.68. The summed E-state index contributed by atoms with van der Waals surface area (Å²) < 4.78 is 16.4. The second-order valence-electron chi connectivity index (χ2n) is 6.98. The molecule has 2 rings (SSSR count). The van der Waals surface area contributed by atoms with Gasteiger partial charge in [-0.15, -0.1) is 0 Å². The highest BCUT2D eigenvalue weighted by Crippen LogP contribution is 2.33. The molecule has 0 heterocycles. The fourth-order valence-corrected chi connectivity index (χ4v) is 3.32. The van der Waals surface area contributed by atoms with Gasteiger partial charge in [0.15, 0.2) is 0 Å². The van der Waals surface area contributed by atoms with Crippen LogP contribution in [0.25, 0.3) is 0 Å². The Bertz CT molecular complexity index is 825. The molecule has 28 heavy (non-hydrogen) atoms. The van der Waals surface area contributed by atoms with Crippen molar-refractivity contribution in [1.82, 2.24) is 0 Å². The molecule has 4 nitrogen and oxygen atoms in total. The van der Waals surface area contributed by atoms with Gasteiger partial charge in [0.2, 0.25) is 0 Å². The van der Waals surface area contributed by atoms with Crippen LogP contribution in [0.3, 0.4) is 0 Å². The lowest BCUT2D eigenvalue weighted by molar-refractivity contribution is -0.143. The Hall–Kier alpha value is -2.75. The molecule has 150 valence electrons. The van der Waals surface area contributed by atoms with Crippen molar-refractivity contribution in [2.75, 3.05) is 13.7 Å². The third-order valence-electron chi connectivity index (χ3n) is 4.79. The van der Waals surface area contributed by atoms with E-state index in [0.717, 1.165) is 35.1 Å². The summed E-state index contributed by atoms with van der Waals surface area (Å²) in [5, 5.41) is 0. The summed E-state index contributed by atoms with van der Waals surface area (Å²) in [5.74, 6) is 1.57. The van der Waals surface area contributed by atoms with Gasteiger partial charge in [-0.25, -0.2) is 4.79 Å². The maximum atomic E-state index is 11.2. The maximum Gasteiger partial charge on any atom is 0.330 e. The predicted octanol–water partition coefficient (Wildman–Crippen LogP) is 5.35. The molecule has 2 unspecified atom stereocenters. The van der Waals surface area contributed by atoms with Crippen LogP contribution in [0.2, 0.25) is 0 Å². The quantitative estimate of drug-likeness (QED) is 0.433. The predicted molar refractivity (Wildman–Crippen MR) is 112 cm³/mol. The first-order chi connectivity index (χ1) is 13.4. The lowest BCUT2D eigenvalue weighted by atomic mass is 9.87. The molecular weight excluding hydrogens is 352 g/mol. The Morgan fingerprint density at radius 2 is 1.64 bits per heavy atom. The van der Waals surface area contributed by atoms with Crippen molar-refractivity contribution < 1.29 is 19.0 Å². The van der Waals surface area contributed by atoms with Crippen molar-refractivity contribution in [2.24, 2.45) is 0 Å². The Balaban J connectivity index is 2.14. The van der Waals surface area contributed by atoms with Crippen LogP contribution in [0.15, 0.2) is 49.1 Å². The number of carbonyl (C=O) groups is 1. The summed E-state index contributed by atoms with van der Waals surface area (Å²) in [5.41, 5.74) is 4.73. The first kappa shape index (κ1) is 21.5. The molecule has 2 atom stereocenters. The number of esters is 1. The number of rotatable bonds is 9. The highest BCUT2D eigenvalue weighted by atomic mass is 16.6. The van der Waals surface area contributed by atoms with Crippen LogP contribution in [-0.2, 0) is 9.53 Å². The van der Waals surface area contributed by atoms with Gasteiger partial charge in [0, 0.05) is 12.0 Å². The van der Waals surface area contributed by atoms with Crippen molar-refractivity contribution in [3.05, 3.63) is 71.3 Å². The molecule has 2 aromatic rings. The zero-order valence-corrected chi connectivity index (χ0v) is 17.5. The minimum Gasteiger partial charge on any atom is -0.496 e. The van der Waals surface area contributed by atoms with Gasteiger partial charge in [0.05, 0.1) is 7.11 Å². The molecule has 0 aromatic heterocycles. The second kappa shape index (κ2) is 9.98. The summed E-state index contributed by atoms with van der Waals surface area (Å²) in [4.78, 5) is 11.2. The van der Waals surface area contributed by atoms with Gasteiger partial charge in [0.25, 0.3) is 0 Å². The van der Waals surface area contributed by atoms with Gasteiger partial charge in [-0.1, -0.05) is 37.8 Å². The largest absolute Gasteiger partial charge is 0.496 e. The first-order valence-electron chi connectivity index (χ1n) is 9.60. The van der Waals surface area contributed by atoms with E-state index < -0.39 is 5.97 Å². The molecule has 0 amide bonds. The van der Waals surface area contributed by atoms with E-state index >= 15 is 0 Å². The molecule has 0 bridgehead atoms. The smallest absolute Gasteiger partial charge is 0.330 e. The summed E-state index contributed by atoms with van der Waals surface area (Å²) in [6.07, 6.45) is 1.82. The molecule has 0 radical (unpaired) electrons. The molecule has 0 spiro atoms. The molecule has 0 aliphatic rings. The Morgan fingerprint density at radius 3 is 2.11 bits per heavy atom. The van der Waals surface area contributed by atoms with Crippen molar-refractivity contribution in [2.45, 2.75) is 46.1 Å². The number of methoxy groups -OCH3 is 1. The Morgan fingerprint density at radius 1 is 1.07 bits per heavy atom. The lowest BCUT2D eigenvalue weighted by Gasteiger charge is -2.20. The minimum absolute atomic E-state index is 0.300. The van der Waals surface area contributed by atoms with Crippen molar-refractivity contribution in [3.8, 4) is 11.5 Å². The third kappa shape index (κ3) is 5.38. The van der Waals surface area contributed by atoms with Crippen molar-refractivity contribution in [3.63, 3.8) is 0 Å². The van der Waals surface area contributed by atoms with E-state index in [2.05, 4.69) is 44.7 Å². The normalized spacial score (nSPS) is 12.8. The van der Waals surface area contributed by atoms with E-state index in [9.17, 15) is 4.79 Å². The van der Waals surface area contributed by atoms with E-state index in [4.69, 9.17) is 14.2 Å². The van der Waals surface area contributed by atoms with E-state index in [1.165, 1.54) is 11.1 Å². The van der Waals surface area contributed by atoms with Crippen LogP contribution in [0.4, 0.5) is 0 Å². The monoisotopic (exact) mass is 382 g/mol. The maximum absolute atomic E-state index is 11.2. The van der Waals surface area contributed by atoms with E-state index in [-0.39, 0.29) is 6.10 Å². The van der Waals surface area contributed by atoms with Crippen molar-refractivity contribution >= 4 is 5.97 Å². The molecular formula is C24H30O4. The van der Waals surface area contributed by atoms with Crippen LogP contribution in [0.1, 0.15) is 48.4 Å².